The van der Waals surface area contributed by atoms with E-state index in [9.17, 15) is 9.50 Å². The smallest absolute Gasteiger partial charge is 0.242 e. The highest BCUT2D eigenvalue weighted by Crippen LogP contribution is 2.41. The summed E-state index contributed by atoms with van der Waals surface area (Å²) in [6.45, 7) is 9.05. The Balaban J connectivity index is 1.87. The van der Waals surface area contributed by atoms with Crippen molar-refractivity contribution in [2.75, 3.05) is 33.2 Å². The molecule has 30 heavy (non-hydrogen) atoms. The van der Waals surface area contributed by atoms with Crippen molar-refractivity contribution in [2.24, 2.45) is 0 Å². The second-order valence-corrected chi connectivity index (χ2v) is 9.91. The molecule has 3 rings (SSSR count). The summed E-state index contributed by atoms with van der Waals surface area (Å²) < 4.78 is 19.6. The van der Waals surface area contributed by atoms with E-state index in [4.69, 9.17) is 4.74 Å². The predicted octanol–water partition coefficient (Wildman–Crippen LogP) is 4.97. The van der Waals surface area contributed by atoms with Crippen molar-refractivity contribution in [3.05, 3.63) is 29.8 Å². The van der Waals surface area contributed by atoms with Crippen molar-refractivity contribution in [3.63, 3.8) is 0 Å². The van der Waals surface area contributed by atoms with E-state index in [2.05, 4.69) is 29.8 Å². The molecule has 0 radical (unpaired) electrons. The van der Waals surface area contributed by atoms with E-state index in [1.54, 1.807) is 0 Å². The van der Waals surface area contributed by atoms with Crippen LogP contribution in [0.1, 0.15) is 77.2 Å². The van der Waals surface area contributed by atoms with Gasteiger partial charge in [-0.05, 0) is 44.0 Å². The highest BCUT2D eigenvalue weighted by atomic mass is 19.2. The molecular weight excluding hydrogens is 379 g/mol. The van der Waals surface area contributed by atoms with Gasteiger partial charge in [0, 0.05) is 52.0 Å². The molecule has 2 aliphatic rings. The molecule has 5 heteroatoms. The number of piperazine rings is 1. The van der Waals surface area contributed by atoms with E-state index >= 15 is 0 Å². The minimum atomic E-state index is -1.72. The molecule has 1 aliphatic heterocycles. The van der Waals surface area contributed by atoms with Gasteiger partial charge in [0.2, 0.25) is 5.85 Å². The zero-order chi connectivity index (χ0) is 21.8. The maximum absolute atomic E-state index is 14.1. The molecule has 0 aromatic heterocycles. The molecule has 1 saturated carbocycles. The molecule has 0 spiro atoms. The van der Waals surface area contributed by atoms with Gasteiger partial charge in [0.25, 0.3) is 0 Å². The van der Waals surface area contributed by atoms with Crippen LogP contribution in [-0.4, -0.2) is 65.6 Å². The van der Waals surface area contributed by atoms with E-state index in [1.807, 2.05) is 18.2 Å². The molecule has 1 aliphatic carbocycles. The maximum atomic E-state index is 14.1. The second-order valence-electron chi connectivity index (χ2n) is 9.91. The first-order valence-electron chi connectivity index (χ1n) is 11.8. The van der Waals surface area contributed by atoms with Crippen LogP contribution in [0.15, 0.2) is 24.3 Å². The molecule has 1 heterocycles. The van der Waals surface area contributed by atoms with Crippen molar-refractivity contribution < 1.29 is 14.2 Å². The zero-order valence-corrected chi connectivity index (χ0v) is 19.4. The van der Waals surface area contributed by atoms with Crippen molar-refractivity contribution in [2.45, 2.75) is 89.1 Å². The van der Waals surface area contributed by atoms with Crippen LogP contribution in [0.5, 0.6) is 5.75 Å². The van der Waals surface area contributed by atoms with Crippen LogP contribution in [0.25, 0.3) is 0 Å². The number of likely N-dealkylation sites (N-methyl/N-ethyl adjacent to an activating group) is 1. The average molecular weight is 421 g/mol. The highest BCUT2D eigenvalue weighted by molar-refractivity contribution is 5.33. The Morgan fingerprint density at radius 3 is 2.53 bits per heavy atom. The molecule has 1 unspecified atom stereocenters. The van der Waals surface area contributed by atoms with Gasteiger partial charge in [-0.1, -0.05) is 44.7 Å². The molecule has 0 bridgehead atoms. The van der Waals surface area contributed by atoms with Gasteiger partial charge in [-0.3, -0.25) is 4.90 Å². The van der Waals surface area contributed by atoms with Crippen LogP contribution in [-0.2, 0) is 0 Å². The van der Waals surface area contributed by atoms with Crippen molar-refractivity contribution in [1.82, 2.24) is 9.80 Å². The molecule has 170 valence electrons. The fourth-order valence-corrected chi connectivity index (χ4v) is 5.23. The highest BCUT2D eigenvalue weighted by Gasteiger charge is 2.40. The van der Waals surface area contributed by atoms with E-state index in [0.717, 1.165) is 63.8 Å². The van der Waals surface area contributed by atoms with Gasteiger partial charge in [-0.15, -0.1) is 0 Å². The predicted molar refractivity (Wildman–Crippen MR) is 121 cm³/mol. The number of rotatable bonds is 7. The number of benzene rings is 1. The molecule has 1 N–H and O–H groups in total. The quantitative estimate of drug-likeness (QED) is 0.632. The molecule has 2 fully saturated rings. The summed E-state index contributed by atoms with van der Waals surface area (Å²) >= 11 is 0. The van der Waals surface area contributed by atoms with E-state index < -0.39 is 11.5 Å². The van der Waals surface area contributed by atoms with Crippen molar-refractivity contribution in [1.29, 1.82) is 0 Å². The van der Waals surface area contributed by atoms with Crippen LogP contribution >= 0.6 is 0 Å². The number of hydrogen-bond acceptors (Lipinski definition) is 4. The Kier molecular flexibility index (Phi) is 7.81. The zero-order valence-electron chi connectivity index (χ0n) is 19.4. The Hall–Kier alpha value is -1.17. The van der Waals surface area contributed by atoms with Crippen molar-refractivity contribution in [3.8, 4) is 5.75 Å². The first-order valence-corrected chi connectivity index (χ1v) is 11.8. The summed E-state index contributed by atoms with van der Waals surface area (Å²) in [5, 5.41) is 11.8. The summed E-state index contributed by atoms with van der Waals surface area (Å²) in [7, 11) is 2.21. The Morgan fingerprint density at radius 1 is 1.20 bits per heavy atom. The standard InChI is InChI=1S/C25H41FN2O2/c1-5-21-18-28(16-15-27(21)4)19-23(25(29)13-8-6-7-9-14-25)20-11-10-12-22(17-20)30-24(2,3)26/h10-12,17,21,23,29H,5-9,13-16,18-19H2,1-4H3/t21-,23?/m1/s1. The fourth-order valence-electron chi connectivity index (χ4n) is 5.23. The van der Waals surface area contributed by atoms with Gasteiger partial charge in [0.05, 0.1) is 5.60 Å². The van der Waals surface area contributed by atoms with Crippen LogP contribution in [0.3, 0.4) is 0 Å². The van der Waals surface area contributed by atoms with Crippen LogP contribution in [0.2, 0.25) is 0 Å². The summed E-state index contributed by atoms with van der Waals surface area (Å²) in [6, 6.07) is 8.33. The molecule has 1 saturated heterocycles. The van der Waals surface area contributed by atoms with E-state index in [1.165, 1.54) is 26.7 Å². The molecule has 2 atom stereocenters. The molecule has 0 amide bonds. The molecule has 4 nitrogen and oxygen atoms in total. The average Bonchev–Trinajstić information content (AvgIpc) is 2.91. The van der Waals surface area contributed by atoms with Crippen LogP contribution < -0.4 is 4.74 Å². The van der Waals surface area contributed by atoms with Gasteiger partial charge in [0.15, 0.2) is 0 Å². The topological polar surface area (TPSA) is 35.9 Å². The lowest BCUT2D eigenvalue weighted by Crippen LogP contribution is -2.53. The Morgan fingerprint density at radius 2 is 1.90 bits per heavy atom. The largest absolute Gasteiger partial charge is 0.459 e. The van der Waals surface area contributed by atoms with Crippen molar-refractivity contribution >= 4 is 0 Å². The van der Waals surface area contributed by atoms with Crippen LogP contribution in [0.4, 0.5) is 4.39 Å². The van der Waals surface area contributed by atoms with Gasteiger partial charge < -0.3 is 14.7 Å². The Labute approximate surface area is 182 Å². The molecular formula is C25H41FN2O2. The van der Waals surface area contributed by atoms with Gasteiger partial charge in [0.1, 0.15) is 5.75 Å². The summed E-state index contributed by atoms with van der Waals surface area (Å²) in [6.07, 6.45) is 7.34. The number of aliphatic hydroxyl groups is 1. The lowest BCUT2D eigenvalue weighted by molar-refractivity contribution is -0.0272. The third-order valence-electron chi connectivity index (χ3n) is 7.01. The number of halogens is 1. The minimum Gasteiger partial charge on any atom is -0.459 e. The van der Waals surface area contributed by atoms with E-state index in [0.29, 0.717) is 11.8 Å². The monoisotopic (exact) mass is 420 g/mol. The number of nitrogens with zero attached hydrogens (tertiary/aromatic N) is 2. The second kappa shape index (κ2) is 9.97. The number of hydrogen-bond donors (Lipinski definition) is 1. The first kappa shape index (κ1) is 23.5. The fraction of sp³-hybridized carbons (Fsp3) is 0.760. The summed E-state index contributed by atoms with van der Waals surface area (Å²) in [4.78, 5) is 4.97. The SMILES string of the molecule is CC[C@@H]1CN(CC(c2cccc(OC(C)(C)F)c2)C2(O)CCCCCC2)CCN1C. The van der Waals surface area contributed by atoms with Gasteiger partial charge in [-0.2, -0.15) is 4.39 Å². The maximum Gasteiger partial charge on any atom is 0.242 e. The summed E-state index contributed by atoms with van der Waals surface area (Å²) in [5.74, 6) is -1.19. The Bertz CT molecular complexity index is 667. The lowest BCUT2D eigenvalue weighted by Gasteiger charge is -2.44. The normalized spacial score (nSPS) is 24.9. The third-order valence-corrected chi connectivity index (χ3v) is 7.01. The molecule has 1 aromatic rings. The van der Waals surface area contributed by atoms with Gasteiger partial charge in [-0.25, -0.2) is 0 Å². The molecule has 1 aromatic carbocycles. The first-order chi connectivity index (χ1) is 14.2. The van der Waals surface area contributed by atoms with Crippen LogP contribution in [0, 0.1) is 0 Å². The third kappa shape index (κ3) is 6.18. The minimum absolute atomic E-state index is 0.00258. The van der Waals surface area contributed by atoms with Gasteiger partial charge >= 0.3 is 0 Å². The number of ether oxygens (including phenoxy) is 1. The van der Waals surface area contributed by atoms with E-state index in [-0.39, 0.29) is 5.92 Å². The summed E-state index contributed by atoms with van der Waals surface area (Å²) in [5.41, 5.74) is 0.346. The lowest BCUT2D eigenvalue weighted by atomic mass is 9.76. The number of alkyl halides is 1.